The Hall–Kier alpha value is -2.67. The number of aromatic amines is 1. The first-order valence-corrected chi connectivity index (χ1v) is 7.49. The van der Waals surface area contributed by atoms with E-state index >= 15 is 0 Å². The second-order valence-corrected chi connectivity index (χ2v) is 5.36. The van der Waals surface area contributed by atoms with Gasteiger partial charge in [-0.3, -0.25) is 0 Å². The maximum absolute atomic E-state index is 6.02. The molecule has 1 aromatic carbocycles. The van der Waals surface area contributed by atoms with E-state index in [2.05, 4.69) is 31.8 Å². The molecule has 0 spiro atoms. The minimum Gasteiger partial charge on any atom is -0.494 e. The van der Waals surface area contributed by atoms with Crippen LogP contribution in [0, 0.1) is 0 Å². The Morgan fingerprint density at radius 1 is 1.26 bits per heavy atom. The van der Waals surface area contributed by atoms with Gasteiger partial charge in [0, 0.05) is 12.1 Å². The molecule has 7 nitrogen and oxygen atoms in total. The van der Waals surface area contributed by atoms with E-state index in [9.17, 15) is 0 Å². The van der Waals surface area contributed by atoms with Crippen LogP contribution in [-0.2, 0) is 6.54 Å². The largest absolute Gasteiger partial charge is 0.494 e. The number of nitrogens with one attached hydrogen (secondary N) is 1. The van der Waals surface area contributed by atoms with E-state index in [0.29, 0.717) is 11.3 Å². The Balaban J connectivity index is 2.03. The van der Waals surface area contributed by atoms with Crippen LogP contribution in [0.25, 0.3) is 33.5 Å². The highest BCUT2D eigenvalue weighted by molar-refractivity contribution is 6.28. The Kier molecular flexibility index (Phi) is 3.16. The summed E-state index contributed by atoms with van der Waals surface area (Å²) >= 11 is 6.02. The molecule has 0 aliphatic rings. The van der Waals surface area contributed by atoms with Crippen LogP contribution in [0.5, 0.6) is 5.75 Å². The highest BCUT2D eigenvalue weighted by Crippen LogP contribution is 2.33. The molecule has 4 rings (SSSR count). The predicted octanol–water partition coefficient (Wildman–Crippen LogP) is 3.05. The maximum Gasteiger partial charge on any atom is 0.225 e. The number of H-pyrrole nitrogens is 1. The number of aromatic nitrogens is 6. The molecule has 1 N–H and O–H groups in total. The Labute approximate surface area is 136 Å². The maximum atomic E-state index is 6.02. The first kappa shape index (κ1) is 14.0. The van der Waals surface area contributed by atoms with Crippen molar-refractivity contribution in [2.24, 2.45) is 0 Å². The summed E-state index contributed by atoms with van der Waals surface area (Å²) in [6.07, 6.45) is 3.37. The summed E-state index contributed by atoms with van der Waals surface area (Å²) in [5.74, 6) is 0.735. The number of rotatable bonds is 3. The fourth-order valence-electron chi connectivity index (χ4n) is 2.72. The molecule has 3 aromatic heterocycles. The number of hydrogen-bond acceptors (Lipinski definition) is 5. The van der Waals surface area contributed by atoms with Crippen LogP contribution in [0.4, 0.5) is 0 Å². The Morgan fingerprint density at radius 2 is 2.13 bits per heavy atom. The van der Waals surface area contributed by atoms with Crippen LogP contribution in [0.1, 0.15) is 6.92 Å². The van der Waals surface area contributed by atoms with Crippen molar-refractivity contribution in [3.05, 3.63) is 30.1 Å². The topological polar surface area (TPSA) is 81.5 Å². The zero-order chi connectivity index (χ0) is 16.0. The standard InChI is InChI=1S/C15H13ClN6O/c1-3-22-7-19-9-4-8(5-10(23-2)13(9)22)11-12-14(18-6-17-12)21-15(16)20-11/h4-7H,3H2,1-2H3,(H,17,18,20,21). The summed E-state index contributed by atoms with van der Waals surface area (Å²) in [7, 11) is 1.64. The van der Waals surface area contributed by atoms with E-state index in [4.69, 9.17) is 16.3 Å². The Bertz CT molecular complexity index is 1020. The third-order valence-corrected chi connectivity index (χ3v) is 3.94. The van der Waals surface area contributed by atoms with E-state index in [1.54, 1.807) is 19.8 Å². The molecule has 0 atom stereocenters. The van der Waals surface area contributed by atoms with Crippen molar-refractivity contribution in [3.63, 3.8) is 0 Å². The number of methoxy groups -OCH3 is 1. The van der Waals surface area contributed by atoms with Crippen LogP contribution in [0.15, 0.2) is 24.8 Å². The lowest BCUT2D eigenvalue weighted by molar-refractivity contribution is 0.417. The highest BCUT2D eigenvalue weighted by atomic mass is 35.5. The van der Waals surface area contributed by atoms with E-state index in [1.165, 1.54) is 0 Å². The Morgan fingerprint density at radius 3 is 2.91 bits per heavy atom. The smallest absolute Gasteiger partial charge is 0.225 e. The average Bonchev–Trinajstić information content (AvgIpc) is 3.18. The second-order valence-electron chi connectivity index (χ2n) is 5.02. The third-order valence-electron chi connectivity index (χ3n) is 3.77. The normalized spacial score (nSPS) is 11.4. The molecular formula is C15H13ClN6O. The van der Waals surface area contributed by atoms with E-state index < -0.39 is 0 Å². The second kappa shape index (κ2) is 5.20. The number of halogens is 1. The molecule has 0 saturated carbocycles. The molecular weight excluding hydrogens is 316 g/mol. The van der Waals surface area contributed by atoms with Crippen LogP contribution >= 0.6 is 11.6 Å². The number of aryl methyl sites for hydroxylation is 1. The molecule has 23 heavy (non-hydrogen) atoms. The van der Waals surface area contributed by atoms with Crippen LogP contribution in [0.2, 0.25) is 5.28 Å². The lowest BCUT2D eigenvalue weighted by Crippen LogP contribution is -1.96. The van der Waals surface area contributed by atoms with Crippen LogP contribution in [-0.4, -0.2) is 36.6 Å². The van der Waals surface area contributed by atoms with Gasteiger partial charge in [0.2, 0.25) is 5.28 Å². The zero-order valence-corrected chi connectivity index (χ0v) is 13.3. The van der Waals surface area contributed by atoms with E-state index in [-0.39, 0.29) is 5.28 Å². The fourth-order valence-corrected chi connectivity index (χ4v) is 2.88. The van der Waals surface area contributed by atoms with Crippen LogP contribution < -0.4 is 4.74 Å². The van der Waals surface area contributed by atoms with Gasteiger partial charge in [0.1, 0.15) is 22.5 Å². The minimum atomic E-state index is 0.151. The highest BCUT2D eigenvalue weighted by Gasteiger charge is 2.16. The van der Waals surface area contributed by atoms with E-state index in [1.807, 2.05) is 16.7 Å². The van der Waals surface area contributed by atoms with Gasteiger partial charge in [-0.1, -0.05) is 0 Å². The van der Waals surface area contributed by atoms with E-state index in [0.717, 1.165) is 34.4 Å². The average molecular weight is 329 g/mol. The quantitative estimate of drug-likeness (QED) is 0.584. The number of hydrogen-bond donors (Lipinski definition) is 1. The third kappa shape index (κ3) is 2.12. The molecule has 0 radical (unpaired) electrons. The van der Waals surface area contributed by atoms with Gasteiger partial charge in [-0.15, -0.1) is 0 Å². The van der Waals surface area contributed by atoms with Crippen molar-refractivity contribution < 1.29 is 4.74 Å². The van der Waals surface area contributed by atoms with Crippen molar-refractivity contribution in [1.29, 1.82) is 0 Å². The van der Waals surface area contributed by atoms with Gasteiger partial charge in [0.15, 0.2) is 5.65 Å². The van der Waals surface area contributed by atoms with Gasteiger partial charge in [0.05, 0.1) is 25.3 Å². The van der Waals surface area contributed by atoms with Gasteiger partial charge < -0.3 is 14.3 Å². The molecule has 0 saturated heterocycles. The van der Waals surface area contributed by atoms with Crippen molar-refractivity contribution >= 4 is 33.8 Å². The summed E-state index contributed by atoms with van der Waals surface area (Å²) in [6.45, 7) is 2.88. The minimum absolute atomic E-state index is 0.151. The molecule has 116 valence electrons. The van der Waals surface area contributed by atoms with Gasteiger partial charge in [0.25, 0.3) is 0 Å². The van der Waals surface area contributed by atoms with Gasteiger partial charge >= 0.3 is 0 Å². The number of benzene rings is 1. The van der Waals surface area contributed by atoms with Crippen LogP contribution in [0.3, 0.4) is 0 Å². The first-order valence-electron chi connectivity index (χ1n) is 7.11. The summed E-state index contributed by atoms with van der Waals surface area (Å²) < 4.78 is 7.59. The fraction of sp³-hybridized carbons (Fsp3) is 0.200. The number of nitrogens with zero attached hydrogens (tertiary/aromatic N) is 5. The molecule has 0 bridgehead atoms. The van der Waals surface area contributed by atoms with Crippen molar-refractivity contribution in [2.75, 3.05) is 7.11 Å². The molecule has 0 amide bonds. The van der Waals surface area contributed by atoms with Crippen molar-refractivity contribution in [3.8, 4) is 17.0 Å². The molecule has 8 heteroatoms. The van der Waals surface area contributed by atoms with Crippen molar-refractivity contribution in [2.45, 2.75) is 13.5 Å². The van der Waals surface area contributed by atoms with Gasteiger partial charge in [-0.25, -0.2) is 15.0 Å². The summed E-state index contributed by atoms with van der Waals surface area (Å²) in [6, 6.07) is 3.89. The number of fused-ring (bicyclic) bond motifs is 2. The summed E-state index contributed by atoms with van der Waals surface area (Å²) in [4.78, 5) is 20.1. The predicted molar refractivity (Wildman–Crippen MR) is 87.6 cm³/mol. The zero-order valence-electron chi connectivity index (χ0n) is 12.5. The SMILES string of the molecule is CCn1cnc2cc(-c3nc(Cl)nc4nc[nH]c34)cc(OC)c21. The summed E-state index contributed by atoms with van der Waals surface area (Å²) in [5, 5.41) is 0.151. The monoisotopic (exact) mass is 328 g/mol. The first-order chi connectivity index (χ1) is 11.2. The molecule has 0 fully saturated rings. The molecule has 0 aliphatic heterocycles. The molecule has 0 aliphatic carbocycles. The molecule has 0 unspecified atom stereocenters. The van der Waals surface area contributed by atoms with Gasteiger partial charge in [-0.2, -0.15) is 4.98 Å². The molecule has 3 heterocycles. The molecule has 4 aromatic rings. The summed E-state index contributed by atoms with van der Waals surface area (Å²) in [5.41, 5.74) is 4.56. The van der Waals surface area contributed by atoms with Gasteiger partial charge in [-0.05, 0) is 30.7 Å². The lowest BCUT2D eigenvalue weighted by Gasteiger charge is -2.09. The lowest BCUT2D eigenvalue weighted by atomic mass is 10.1. The van der Waals surface area contributed by atoms with Crippen molar-refractivity contribution in [1.82, 2.24) is 29.5 Å². The number of imidazole rings is 2. The number of ether oxygens (including phenoxy) is 1.